The maximum atomic E-state index is 11.0. The molecule has 0 aliphatic heterocycles. The van der Waals surface area contributed by atoms with Crippen molar-refractivity contribution in [3.8, 4) is 0 Å². The minimum atomic E-state index is -3.68. The van der Waals surface area contributed by atoms with Crippen molar-refractivity contribution < 1.29 is 8.42 Å². The molecule has 0 aliphatic rings. The first kappa shape index (κ1) is 10.2. The molecule has 0 radical (unpaired) electrons. The van der Waals surface area contributed by atoms with E-state index in [-0.39, 0.29) is 11.1 Å². The molecule has 1 heterocycles. The zero-order chi connectivity index (χ0) is 10.2. The molecule has 0 aromatic carbocycles. The average Bonchev–Trinajstić information content (AvgIpc) is 2.29. The Kier molecular flexibility index (Phi) is 2.44. The summed E-state index contributed by atoms with van der Waals surface area (Å²) in [6.07, 6.45) is 1.67. The number of hydrogen-bond donors (Lipinski definition) is 1. The normalized spacial score (nSPS) is 12.4. The van der Waals surface area contributed by atoms with Crippen LogP contribution in [-0.2, 0) is 10.0 Å². The van der Waals surface area contributed by atoms with Gasteiger partial charge in [-0.25, -0.2) is 13.6 Å². The SMILES string of the molecule is Cc1cn(C(C)C)nc1S(N)(=O)=O. The molecule has 0 spiro atoms. The van der Waals surface area contributed by atoms with Gasteiger partial charge in [-0.2, -0.15) is 5.10 Å². The molecule has 0 atom stereocenters. The molecule has 74 valence electrons. The molecule has 0 bridgehead atoms. The summed E-state index contributed by atoms with van der Waals surface area (Å²) in [7, 11) is -3.68. The van der Waals surface area contributed by atoms with E-state index in [1.807, 2.05) is 13.8 Å². The highest BCUT2D eigenvalue weighted by Gasteiger charge is 2.16. The maximum absolute atomic E-state index is 11.0. The van der Waals surface area contributed by atoms with Crippen LogP contribution in [0.5, 0.6) is 0 Å². The van der Waals surface area contributed by atoms with E-state index in [0.29, 0.717) is 5.56 Å². The van der Waals surface area contributed by atoms with Gasteiger partial charge in [-0.1, -0.05) is 0 Å². The molecule has 0 amide bonds. The molecule has 0 aliphatic carbocycles. The number of nitrogens with zero attached hydrogens (tertiary/aromatic N) is 2. The highest BCUT2D eigenvalue weighted by atomic mass is 32.2. The van der Waals surface area contributed by atoms with Crippen molar-refractivity contribution in [3.05, 3.63) is 11.8 Å². The second-order valence-electron chi connectivity index (χ2n) is 3.24. The highest BCUT2D eigenvalue weighted by molar-refractivity contribution is 7.89. The number of sulfonamides is 1. The van der Waals surface area contributed by atoms with E-state index < -0.39 is 10.0 Å². The monoisotopic (exact) mass is 203 g/mol. The van der Waals surface area contributed by atoms with E-state index in [4.69, 9.17) is 5.14 Å². The van der Waals surface area contributed by atoms with Crippen LogP contribution in [0.25, 0.3) is 0 Å². The minimum Gasteiger partial charge on any atom is -0.269 e. The molecule has 0 fully saturated rings. The van der Waals surface area contributed by atoms with Gasteiger partial charge in [0.15, 0.2) is 5.03 Å². The number of nitrogens with two attached hydrogens (primary N) is 1. The van der Waals surface area contributed by atoms with Gasteiger partial charge in [-0.3, -0.25) is 4.68 Å². The zero-order valence-electron chi connectivity index (χ0n) is 7.85. The molecule has 0 saturated heterocycles. The maximum Gasteiger partial charge on any atom is 0.257 e. The summed E-state index contributed by atoms with van der Waals surface area (Å²) < 4.78 is 23.6. The van der Waals surface area contributed by atoms with E-state index >= 15 is 0 Å². The number of aryl methyl sites for hydroxylation is 1. The van der Waals surface area contributed by atoms with Crippen LogP contribution in [-0.4, -0.2) is 18.2 Å². The summed E-state index contributed by atoms with van der Waals surface area (Å²) in [5.41, 5.74) is 0.580. The summed E-state index contributed by atoms with van der Waals surface area (Å²) >= 11 is 0. The van der Waals surface area contributed by atoms with Crippen molar-refractivity contribution in [2.75, 3.05) is 0 Å². The minimum absolute atomic E-state index is 0.0406. The molecule has 1 rings (SSSR count). The van der Waals surface area contributed by atoms with Gasteiger partial charge in [0.2, 0.25) is 0 Å². The Morgan fingerprint density at radius 1 is 1.54 bits per heavy atom. The number of aromatic nitrogens is 2. The molecule has 1 aromatic rings. The standard InChI is InChI=1S/C7H13N3O2S/c1-5(2)10-4-6(3)7(9-10)13(8,11)12/h4-5H,1-3H3,(H2,8,11,12). The highest BCUT2D eigenvalue weighted by Crippen LogP contribution is 2.13. The molecular weight excluding hydrogens is 190 g/mol. The Labute approximate surface area is 77.6 Å². The Bertz CT molecular complexity index is 405. The second kappa shape index (κ2) is 3.12. The number of hydrogen-bond acceptors (Lipinski definition) is 3. The predicted molar refractivity (Wildman–Crippen MR) is 48.7 cm³/mol. The molecular formula is C7H13N3O2S. The lowest BCUT2D eigenvalue weighted by Gasteiger charge is -2.02. The van der Waals surface area contributed by atoms with Crippen molar-refractivity contribution in [1.29, 1.82) is 0 Å². The summed E-state index contributed by atoms with van der Waals surface area (Å²) in [5.74, 6) is 0. The molecule has 0 unspecified atom stereocenters. The third-order valence-electron chi connectivity index (χ3n) is 1.67. The number of rotatable bonds is 2. The van der Waals surface area contributed by atoms with Crippen molar-refractivity contribution in [2.45, 2.75) is 31.8 Å². The van der Waals surface area contributed by atoms with E-state index in [1.54, 1.807) is 17.8 Å². The fourth-order valence-electron chi connectivity index (χ4n) is 1.01. The van der Waals surface area contributed by atoms with Gasteiger partial charge in [0.25, 0.3) is 10.0 Å². The van der Waals surface area contributed by atoms with E-state index in [1.165, 1.54) is 0 Å². The summed E-state index contributed by atoms with van der Waals surface area (Å²) in [4.78, 5) is 0. The summed E-state index contributed by atoms with van der Waals surface area (Å²) in [6, 6.07) is 0.134. The van der Waals surface area contributed by atoms with Crippen LogP contribution in [0.2, 0.25) is 0 Å². The first-order valence-electron chi connectivity index (χ1n) is 3.91. The Balaban J connectivity index is 3.27. The van der Waals surface area contributed by atoms with Gasteiger partial charge in [-0.15, -0.1) is 0 Å². The second-order valence-corrected chi connectivity index (χ2v) is 4.71. The summed E-state index contributed by atoms with van der Waals surface area (Å²) in [5, 5.41) is 8.81. The van der Waals surface area contributed by atoms with Gasteiger partial charge in [0.05, 0.1) is 0 Å². The molecule has 6 heteroatoms. The topological polar surface area (TPSA) is 78.0 Å². The van der Waals surface area contributed by atoms with Crippen molar-refractivity contribution in [2.24, 2.45) is 5.14 Å². The van der Waals surface area contributed by atoms with Crippen molar-refractivity contribution in [1.82, 2.24) is 9.78 Å². The zero-order valence-corrected chi connectivity index (χ0v) is 8.67. The van der Waals surface area contributed by atoms with Gasteiger partial charge in [0, 0.05) is 17.8 Å². The Hall–Kier alpha value is -0.880. The fraction of sp³-hybridized carbons (Fsp3) is 0.571. The van der Waals surface area contributed by atoms with Gasteiger partial charge in [0.1, 0.15) is 0 Å². The molecule has 13 heavy (non-hydrogen) atoms. The van der Waals surface area contributed by atoms with Crippen LogP contribution in [0.4, 0.5) is 0 Å². The van der Waals surface area contributed by atoms with Crippen LogP contribution in [0.15, 0.2) is 11.2 Å². The van der Waals surface area contributed by atoms with E-state index in [2.05, 4.69) is 5.10 Å². The van der Waals surface area contributed by atoms with Gasteiger partial charge in [-0.05, 0) is 20.8 Å². The first-order valence-corrected chi connectivity index (χ1v) is 5.45. The van der Waals surface area contributed by atoms with Crippen molar-refractivity contribution >= 4 is 10.0 Å². The van der Waals surface area contributed by atoms with Crippen molar-refractivity contribution in [3.63, 3.8) is 0 Å². The predicted octanol–water partition coefficient (Wildman–Crippen LogP) is 0.420. The third kappa shape index (κ3) is 2.07. The lowest BCUT2D eigenvalue weighted by atomic mass is 10.4. The fourth-order valence-corrected chi connectivity index (χ4v) is 1.72. The quantitative estimate of drug-likeness (QED) is 0.756. The largest absolute Gasteiger partial charge is 0.269 e. The molecule has 1 aromatic heterocycles. The third-order valence-corrected chi connectivity index (χ3v) is 2.61. The molecule has 5 nitrogen and oxygen atoms in total. The van der Waals surface area contributed by atoms with Gasteiger partial charge < -0.3 is 0 Å². The van der Waals surface area contributed by atoms with E-state index in [9.17, 15) is 8.42 Å². The Morgan fingerprint density at radius 3 is 2.31 bits per heavy atom. The smallest absolute Gasteiger partial charge is 0.257 e. The number of primary sulfonamides is 1. The Morgan fingerprint density at radius 2 is 2.08 bits per heavy atom. The first-order chi connectivity index (χ1) is 5.82. The van der Waals surface area contributed by atoms with Crippen LogP contribution in [0, 0.1) is 6.92 Å². The average molecular weight is 203 g/mol. The van der Waals surface area contributed by atoms with Crippen LogP contribution >= 0.6 is 0 Å². The van der Waals surface area contributed by atoms with Crippen LogP contribution < -0.4 is 5.14 Å². The van der Waals surface area contributed by atoms with E-state index in [0.717, 1.165) is 0 Å². The summed E-state index contributed by atoms with van der Waals surface area (Å²) in [6.45, 7) is 5.50. The van der Waals surface area contributed by atoms with Gasteiger partial charge >= 0.3 is 0 Å². The van der Waals surface area contributed by atoms with Crippen LogP contribution in [0.3, 0.4) is 0 Å². The van der Waals surface area contributed by atoms with Crippen LogP contribution in [0.1, 0.15) is 25.5 Å². The lowest BCUT2D eigenvalue weighted by Crippen LogP contribution is -2.14. The molecule has 0 saturated carbocycles. The molecule has 2 N–H and O–H groups in total. The lowest BCUT2D eigenvalue weighted by molar-refractivity contribution is 0.516.